The third-order valence-electron chi connectivity index (χ3n) is 5.02. The molecule has 3 heterocycles. The van der Waals surface area contributed by atoms with Crippen LogP contribution in [0.25, 0.3) is 0 Å². The van der Waals surface area contributed by atoms with Crippen molar-refractivity contribution >= 4 is 17.5 Å². The van der Waals surface area contributed by atoms with Crippen LogP contribution in [0.1, 0.15) is 19.4 Å². The van der Waals surface area contributed by atoms with Crippen LogP contribution in [0, 0.1) is 18.8 Å². The molecule has 0 spiro atoms. The molecule has 0 unspecified atom stereocenters. The predicted molar refractivity (Wildman–Crippen MR) is 77.7 cm³/mol. The van der Waals surface area contributed by atoms with Crippen LogP contribution in [0.2, 0.25) is 0 Å². The summed E-state index contributed by atoms with van der Waals surface area (Å²) in [5, 5.41) is 0. The van der Waals surface area contributed by atoms with Gasteiger partial charge in [0.1, 0.15) is 0 Å². The molecule has 2 fully saturated rings. The fraction of sp³-hybridized carbons (Fsp3) is 0.412. The van der Waals surface area contributed by atoms with E-state index in [1.807, 2.05) is 57.2 Å². The molecule has 4 heteroatoms. The van der Waals surface area contributed by atoms with Gasteiger partial charge in [-0.15, -0.1) is 0 Å². The molecule has 0 N–H and O–H groups in total. The molecule has 1 aromatic rings. The Labute approximate surface area is 123 Å². The van der Waals surface area contributed by atoms with E-state index in [1.54, 1.807) is 0 Å². The minimum atomic E-state index is -0.661. The third-order valence-corrected chi connectivity index (χ3v) is 5.02. The van der Waals surface area contributed by atoms with Gasteiger partial charge in [0.25, 0.3) is 0 Å². The second kappa shape index (κ2) is 3.63. The number of carbonyl (C=O) groups excluding carboxylic acids is 2. The van der Waals surface area contributed by atoms with E-state index in [0.29, 0.717) is 5.69 Å². The number of hydrogen-bond donors (Lipinski definition) is 0. The molecular formula is C17H17NO3. The SMILES string of the molecule is Cc1ccc(N2C(=O)[C@@H]3[C@@H](C2=O)[C@@]2(C)C=C[C@@]3(C)O2)cc1. The molecule has 108 valence electrons. The Balaban J connectivity index is 1.80. The molecule has 0 aliphatic carbocycles. The van der Waals surface area contributed by atoms with Gasteiger partial charge in [0.05, 0.1) is 28.7 Å². The first-order chi connectivity index (χ1) is 9.86. The smallest absolute Gasteiger partial charge is 0.241 e. The van der Waals surface area contributed by atoms with Crippen molar-refractivity contribution in [2.45, 2.75) is 32.0 Å². The van der Waals surface area contributed by atoms with Gasteiger partial charge in [-0.2, -0.15) is 0 Å². The summed E-state index contributed by atoms with van der Waals surface area (Å²) in [6.45, 7) is 5.76. The van der Waals surface area contributed by atoms with Crippen molar-refractivity contribution in [3.05, 3.63) is 42.0 Å². The first kappa shape index (κ1) is 12.8. The highest BCUT2D eigenvalue weighted by Gasteiger charge is 2.70. The highest BCUT2D eigenvalue weighted by Crippen LogP contribution is 2.57. The van der Waals surface area contributed by atoms with E-state index >= 15 is 0 Å². The number of carbonyl (C=O) groups is 2. The summed E-state index contributed by atoms with van der Waals surface area (Å²) in [6, 6.07) is 7.48. The number of nitrogens with zero attached hydrogens (tertiary/aromatic N) is 1. The third kappa shape index (κ3) is 1.43. The Kier molecular flexibility index (Phi) is 2.21. The Morgan fingerprint density at radius 1 is 0.952 bits per heavy atom. The van der Waals surface area contributed by atoms with Crippen molar-refractivity contribution in [1.82, 2.24) is 0 Å². The number of rotatable bonds is 1. The van der Waals surface area contributed by atoms with E-state index in [2.05, 4.69) is 0 Å². The molecule has 3 aliphatic heterocycles. The van der Waals surface area contributed by atoms with E-state index in [9.17, 15) is 9.59 Å². The summed E-state index contributed by atoms with van der Waals surface area (Å²) in [6.07, 6.45) is 3.86. The second-order valence-electron chi connectivity index (χ2n) is 6.61. The number of anilines is 1. The van der Waals surface area contributed by atoms with Gasteiger partial charge in [0, 0.05) is 0 Å². The zero-order valence-electron chi connectivity index (χ0n) is 12.3. The Bertz CT molecular complexity index is 656. The van der Waals surface area contributed by atoms with Crippen LogP contribution >= 0.6 is 0 Å². The Morgan fingerprint density at radius 2 is 1.43 bits per heavy atom. The molecule has 21 heavy (non-hydrogen) atoms. The van der Waals surface area contributed by atoms with Gasteiger partial charge in [0.15, 0.2) is 0 Å². The van der Waals surface area contributed by atoms with Crippen molar-refractivity contribution in [2.24, 2.45) is 11.8 Å². The molecule has 0 radical (unpaired) electrons. The van der Waals surface area contributed by atoms with Gasteiger partial charge >= 0.3 is 0 Å². The minimum Gasteiger partial charge on any atom is -0.359 e. The lowest BCUT2D eigenvalue weighted by atomic mass is 9.73. The van der Waals surface area contributed by atoms with Gasteiger partial charge in [-0.3, -0.25) is 9.59 Å². The molecule has 4 rings (SSSR count). The van der Waals surface area contributed by atoms with Crippen molar-refractivity contribution < 1.29 is 14.3 Å². The van der Waals surface area contributed by atoms with Crippen molar-refractivity contribution in [2.75, 3.05) is 4.90 Å². The molecule has 2 saturated heterocycles. The first-order valence-electron chi connectivity index (χ1n) is 7.21. The first-order valence-corrected chi connectivity index (χ1v) is 7.21. The normalized spacial score (nSPS) is 40.2. The van der Waals surface area contributed by atoms with Crippen LogP contribution in [0.5, 0.6) is 0 Å². The molecule has 2 bridgehead atoms. The molecule has 3 aliphatic rings. The number of fused-ring (bicyclic) bond motifs is 5. The second-order valence-corrected chi connectivity index (χ2v) is 6.61. The summed E-state index contributed by atoms with van der Waals surface area (Å²) >= 11 is 0. The standard InChI is InChI=1S/C17H17NO3/c1-10-4-6-11(7-5-10)18-14(19)12-13(15(18)20)17(3)9-8-16(12,2)21-17/h4-9,12-13H,1-3H3/t12-,13-,16+,17+/m0/s1. The van der Waals surface area contributed by atoms with Gasteiger partial charge in [0.2, 0.25) is 11.8 Å². The van der Waals surface area contributed by atoms with Crippen molar-refractivity contribution in [1.29, 1.82) is 0 Å². The molecule has 2 amide bonds. The summed E-state index contributed by atoms with van der Waals surface area (Å²) in [5.74, 6) is -1.13. The van der Waals surface area contributed by atoms with E-state index in [-0.39, 0.29) is 11.8 Å². The van der Waals surface area contributed by atoms with Crippen LogP contribution < -0.4 is 4.90 Å². The maximum absolute atomic E-state index is 12.8. The maximum Gasteiger partial charge on any atom is 0.241 e. The van der Waals surface area contributed by atoms with Crippen molar-refractivity contribution in [3.8, 4) is 0 Å². The van der Waals surface area contributed by atoms with Crippen LogP contribution in [-0.2, 0) is 14.3 Å². The lowest BCUT2D eigenvalue weighted by Gasteiger charge is -2.25. The quantitative estimate of drug-likeness (QED) is 0.586. The summed E-state index contributed by atoms with van der Waals surface area (Å²) in [5.41, 5.74) is 0.427. The largest absolute Gasteiger partial charge is 0.359 e. The lowest BCUT2D eigenvalue weighted by molar-refractivity contribution is -0.128. The molecule has 1 aromatic carbocycles. The van der Waals surface area contributed by atoms with E-state index in [0.717, 1.165) is 5.56 Å². The Morgan fingerprint density at radius 3 is 1.90 bits per heavy atom. The zero-order chi connectivity index (χ0) is 15.0. The lowest BCUT2D eigenvalue weighted by Crippen LogP contribution is -2.39. The molecular weight excluding hydrogens is 266 g/mol. The fourth-order valence-electron chi connectivity index (χ4n) is 3.98. The monoisotopic (exact) mass is 283 g/mol. The van der Waals surface area contributed by atoms with Crippen LogP contribution in [0.15, 0.2) is 36.4 Å². The molecule has 4 nitrogen and oxygen atoms in total. The van der Waals surface area contributed by atoms with Crippen molar-refractivity contribution in [3.63, 3.8) is 0 Å². The number of amides is 2. The predicted octanol–water partition coefficient (Wildman–Crippen LogP) is 2.22. The maximum atomic E-state index is 12.8. The number of hydrogen-bond acceptors (Lipinski definition) is 3. The average Bonchev–Trinajstić information content (AvgIpc) is 2.97. The van der Waals surface area contributed by atoms with Gasteiger partial charge < -0.3 is 4.74 Å². The fourth-order valence-corrected chi connectivity index (χ4v) is 3.98. The molecule has 0 saturated carbocycles. The van der Waals surface area contributed by atoms with Gasteiger partial charge in [-0.05, 0) is 32.9 Å². The number of imide groups is 1. The minimum absolute atomic E-state index is 0.149. The number of ether oxygens (including phenoxy) is 1. The number of aryl methyl sites for hydroxylation is 1. The van der Waals surface area contributed by atoms with Gasteiger partial charge in [-0.1, -0.05) is 29.8 Å². The van der Waals surface area contributed by atoms with E-state index in [4.69, 9.17) is 4.74 Å². The Hall–Kier alpha value is -1.94. The average molecular weight is 283 g/mol. The van der Waals surface area contributed by atoms with Crippen LogP contribution in [0.3, 0.4) is 0 Å². The van der Waals surface area contributed by atoms with Crippen LogP contribution in [-0.4, -0.2) is 23.0 Å². The van der Waals surface area contributed by atoms with E-state index in [1.165, 1.54) is 4.90 Å². The number of benzene rings is 1. The highest BCUT2D eigenvalue weighted by atomic mass is 16.5. The van der Waals surface area contributed by atoms with Crippen LogP contribution in [0.4, 0.5) is 5.69 Å². The molecule has 0 aromatic heterocycles. The summed E-state index contributed by atoms with van der Waals surface area (Å²) < 4.78 is 5.98. The zero-order valence-corrected chi connectivity index (χ0v) is 12.3. The summed E-state index contributed by atoms with van der Waals surface area (Å²) in [7, 11) is 0. The van der Waals surface area contributed by atoms with Gasteiger partial charge in [-0.25, -0.2) is 4.90 Å². The molecule has 4 atom stereocenters. The topological polar surface area (TPSA) is 46.6 Å². The summed E-state index contributed by atoms with van der Waals surface area (Å²) in [4.78, 5) is 27.0. The van der Waals surface area contributed by atoms with E-state index < -0.39 is 23.0 Å². The highest BCUT2D eigenvalue weighted by molar-refractivity contribution is 6.23.